The van der Waals surface area contributed by atoms with E-state index in [1.165, 1.54) is 0 Å². The van der Waals surface area contributed by atoms with Gasteiger partial charge in [-0.25, -0.2) is 4.79 Å². The van der Waals surface area contributed by atoms with Crippen molar-refractivity contribution in [2.75, 3.05) is 12.4 Å². The molecule has 140 valence electrons. The number of hydrogen-bond acceptors (Lipinski definition) is 5. The molecule has 0 saturated carbocycles. The maximum absolute atomic E-state index is 12.5. The van der Waals surface area contributed by atoms with E-state index in [0.717, 1.165) is 11.3 Å². The first-order valence-electron chi connectivity index (χ1n) is 8.62. The Morgan fingerprint density at radius 2 is 1.96 bits per heavy atom. The third-order valence-electron chi connectivity index (χ3n) is 4.07. The number of carbonyl (C=O) groups excluding carboxylic acids is 2. The summed E-state index contributed by atoms with van der Waals surface area (Å²) in [4.78, 5) is 24.5. The summed E-state index contributed by atoms with van der Waals surface area (Å²) in [6, 6.07) is 9.08. The van der Waals surface area contributed by atoms with Gasteiger partial charge in [0.05, 0.1) is 18.8 Å². The Morgan fingerprint density at radius 1 is 1.27 bits per heavy atom. The van der Waals surface area contributed by atoms with Gasteiger partial charge in [0.25, 0.3) is 0 Å². The number of carbonyl (C=O) groups is 2. The second-order valence-electron chi connectivity index (χ2n) is 5.95. The van der Waals surface area contributed by atoms with Gasteiger partial charge in [-0.2, -0.15) is 17.7 Å². The first kappa shape index (κ1) is 20.0. The van der Waals surface area contributed by atoms with Crippen molar-refractivity contribution in [1.82, 2.24) is 15.1 Å². The SMILES string of the molecule is CCOC(=O)C(NC(=O)CCS)c1c(C)nn(Cc2ccccc2)c1C. The molecule has 26 heavy (non-hydrogen) atoms. The zero-order chi connectivity index (χ0) is 19.1. The molecular weight excluding hydrogens is 350 g/mol. The summed E-state index contributed by atoms with van der Waals surface area (Å²) in [6.45, 7) is 6.31. The molecule has 0 saturated heterocycles. The zero-order valence-electron chi connectivity index (χ0n) is 15.4. The van der Waals surface area contributed by atoms with Gasteiger partial charge in [0, 0.05) is 17.7 Å². The summed E-state index contributed by atoms with van der Waals surface area (Å²) >= 11 is 4.07. The van der Waals surface area contributed by atoms with E-state index in [0.29, 0.717) is 23.6 Å². The predicted octanol–water partition coefficient (Wildman–Crippen LogP) is 2.59. The van der Waals surface area contributed by atoms with E-state index in [9.17, 15) is 9.59 Å². The minimum absolute atomic E-state index is 0.231. The van der Waals surface area contributed by atoms with Crippen molar-refractivity contribution in [3.8, 4) is 0 Å². The second-order valence-corrected chi connectivity index (χ2v) is 6.40. The van der Waals surface area contributed by atoms with Gasteiger partial charge in [0.1, 0.15) is 0 Å². The summed E-state index contributed by atoms with van der Waals surface area (Å²) in [6.07, 6.45) is 0.231. The Kier molecular flexibility index (Phi) is 7.26. The number of aryl methyl sites for hydroxylation is 1. The summed E-state index contributed by atoms with van der Waals surface area (Å²) in [5.41, 5.74) is 3.32. The number of amides is 1. The number of hydrogen-bond donors (Lipinski definition) is 2. The third kappa shape index (κ3) is 4.88. The lowest BCUT2D eigenvalue weighted by Crippen LogP contribution is -2.35. The van der Waals surface area contributed by atoms with Crippen molar-refractivity contribution in [1.29, 1.82) is 0 Å². The van der Waals surface area contributed by atoms with Crippen LogP contribution < -0.4 is 5.32 Å². The molecule has 1 aromatic carbocycles. The fourth-order valence-corrected chi connectivity index (χ4v) is 3.05. The van der Waals surface area contributed by atoms with Gasteiger partial charge >= 0.3 is 5.97 Å². The summed E-state index contributed by atoms with van der Waals surface area (Å²) in [5, 5.41) is 7.33. The van der Waals surface area contributed by atoms with Crippen LogP contribution in [0.25, 0.3) is 0 Å². The van der Waals surface area contributed by atoms with Gasteiger partial charge in [-0.15, -0.1) is 0 Å². The molecule has 1 atom stereocenters. The zero-order valence-corrected chi connectivity index (χ0v) is 16.3. The highest BCUT2D eigenvalue weighted by Gasteiger charge is 2.29. The largest absolute Gasteiger partial charge is 0.464 e. The summed E-state index contributed by atoms with van der Waals surface area (Å²) < 4.78 is 7.01. The van der Waals surface area contributed by atoms with Crippen LogP contribution in [0.2, 0.25) is 0 Å². The van der Waals surface area contributed by atoms with Crippen LogP contribution in [0.5, 0.6) is 0 Å². The van der Waals surface area contributed by atoms with Gasteiger partial charge in [-0.3, -0.25) is 9.48 Å². The lowest BCUT2D eigenvalue weighted by Gasteiger charge is -2.18. The third-order valence-corrected chi connectivity index (χ3v) is 4.29. The molecule has 1 N–H and O–H groups in total. The average molecular weight is 375 g/mol. The maximum atomic E-state index is 12.5. The minimum atomic E-state index is -0.869. The lowest BCUT2D eigenvalue weighted by molar-refractivity contribution is -0.147. The molecule has 0 fully saturated rings. The molecule has 2 aromatic rings. The topological polar surface area (TPSA) is 73.2 Å². The number of nitrogens with one attached hydrogen (secondary N) is 1. The van der Waals surface area contributed by atoms with Crippen LogP contribution in [0.15, 0.2) is 30.3 Å². The van der Waals surface area contributed by atoms with Crippen LogP contribution >= 0.6 is 12.6 Å². The summed E-state index contributed by atoms with van der Waals surface area (Å²) in [5.74, 6) is -0.315. The molecule has 6 nitrogen and oxygen atoms in total. The van der Waals surface area contributed by atoms with Gasteiger partial charge < -0.3 is 10.1 Å². The highest BCUT2D eigenvalue weighted by molar-refractivity contribution is 7.80. The van der Waals surface area contributed by atoms with Crippen LogP contribution in [0.4, 0.5) is 0 Å². The fraction of sp³-hybridized carbons (Fsp3) is 0.421. The molecule has 1 aromatic heterocycles. The van der Waals surface area contributed by atoms with E-state index < -0.39 is 12.0 Å². The first-order valence-corrected chi connectivity index (χ1v) is 9.25. The van der Waals surface area contributed by atoms with Crippen molar-refractivity contribution < 1.29 is 14.3 Å². The van der Waals surface area contributed by atoms with Gasteiger partial charge in [0.15, 0.2) is 6.04 Å². The molecule has 1 amide bonds. The normalized spacial score (nSPS) is 11.8. The smallest absolute Gasteiger partial charge is 0.333 e. The van der Waals surface area contributed by atoms with Crippen LogP contribution in [-0.4, -0.2) is 34.0 Å². The molecule has 0 aliphatic carbocycles. The maximum Gasteiger partial charge on any atom is 0.333 e. The quantitative estimate of drug-likeness (QED) is 0.549. The Labute approximate surface area is 159 Å². The average Bonchev–Trinajstić information content (AvgIpc) is 2.88. The molecule has 2 rings (SSSR count). The highest BCUT2D eigenvalue weighted by atomic mass is 32.1. The molecule has 1 heterocycles. The monoisotopic (exact) mass is 375 g/mol. The number of rotatable bonds is 8. The van der Waals surface area contributed by atoms with Gasteiger partial charge in [-0.1, -0.05) is 30.3 Å². The highest BCUT2D eigenvalue weighted by Crippen LogP contribution is 2.24. The van der Waals surface area contributed by atoms with E-state index >= 15 is 0 Å². The second kappa shape index (κ2) is 9.43. The molecule has 0 aliphatic heterocycles. The Hall–Kier alpha value is -2.28. The van der Waals surface area contributed by atoms with Crippen molar-refractivity contribution in [3.63, 3.8) is 0 Å². The molecule has 0 radical (unpaired) electrons. The predicted molar refractivity (Wildman–Crippen MR) is 103 cm³/mol. The number of ether oxygens (including phenoxy) is 1. The van der Waals surface area contributed by atoms with E-state index in [2.05, 4.69) is 23.0 Å². The first-order chi connectivity index (χ1) is 12.5. The number of aromatic nitrogens is 2. The molecule has 0 spiro atoms. The number of thiol groups is 1. The van der Waals surface area contributed by atoms with E-state index in [1.54, 1.807) is 6.92 Å². The van der Waals surface area contributed by atoms with E-state index in [-0.39, 0.29) is 18.9 Å². The van der Waals surface area contributed by atoms with Crippen molar-refractivity contribution in [2.45, 2.75) is 39.8 Å². The van der Waals surface area contributed by atoms with Crippen molar-refractivity contribution >= 4 is 24.5 Å². The van der Waals surface area contributed by atoms with Gasteiger partial charge in [0.2, 0.25) is 5.91 Å². The van der Waals surface area contributed by atoms with E-state index in [4.69, 9.17) is 4.74 Å². The molecule has 1 unspecified atom stereocenters. The standard InChI is InChI=1S/C19H25N3O3S/c1-4-25-19(24)18(20-16(23)10-11-26)17-13(2)21-22(14(17)3)12-15-8-6-5-7-9-15/h5-9,18,26H,4,10-12H2,1-3H3,(H,20,23). The Morgan fingerprint density at radius 3 is 2.58 bits per heavy atom. The molecule has 7 heteroatoms. The Balaban J connectivity index is 2.34. The lowest BCUT2D eigenvalue weighted by atomic mass is 10.0. The van der Waals surface area contributed by atoms with Crippen molar-refractivity contribution in [3.05, 3.63) is 52.8 Å². The van der Waals surface area contributed by atoms with Crippen LogP contribution in [0, 0.1) is 13.8 Å². The van der Waals surface area contributed by atoms with Gasteiger partial charge in [-0.05, 0) is 32.1 Å². The number of nitrogens with zero attached hydrogens (tertiary/aromatic N) is 2. The molecular formula is C19H25N3O3S. The Bertz CT molecular complexity index is 759. The van der Waals surface area contributed by atoms with Crippen molar-refractivity contribution in [2.24, 2.45) is 0 Å². The molecule has 0 bridgehead atoms. The minimum Gasteiger partial charge on any atom is -0.464 e. The van der Waals surface area contributed by atoms with E-state index in [1.807, 2.05) is 48.9 Å². The number of esters is 1. The van der Waals surface area contributed by atoms with Crippen LogP contribution in [-0.2, 0) is 20.9 Å². The summed E-state index contributed by atoms with van der Waals surface area (Å²) in [7, 11) is 0. The van der Waals surface area contributed by atoms with Crippen LogP contribution in [0.3, 0.4) is 0 Å². The number of benzene rings is 1. The fourth-order valence-electron chi connectivity index (χ4n) is 2.85. The van der Waals surface area contributed by atoms with Crippen LogP contribution in [0.1, 0.15) is 41.9 Å². The molecule has 0 aliphatic rings.